The van der Waals surface area contributed by atoms with E-state index in [0.29, 0.717) is 24.9 Å². The minimum atomic E-state index is -0.276. The van der Waals surface area contributed by atoms with Crippen molar-refractivity contribution in [2.24, 2.45) is 5.16 Å². The van der Waals surface area contributed by atoms with Gasteiger partial charge >= 0.3 is 5.76 Å². The molecule has 0 N–H and O–H groups in total. The van der Waals surface area contributed by atoms with Gasteiger partial charge in [0.25, 0.3) is 0 Å². The second kappa shape index (κ2) is 10.4. The molecule has 2 heterocycles. The lowest BCUT2D eigenvalue weighted by Gasteiger charge is -2.48. The fraction of sp³-hybridized carbons (Fsp3) is 0.680. The standard InChI is InChI=1S/C25H37N3O5/c1-18(26-31-4)19-5-6-23-22(17-19)28(24(29)33-23)20-9-13-27(14-10-20)25(2)11-7-21(8-12-25)32-16-15-30-3/h5-6,17,20-21H,7-16H2,1-4H3. The van der Waals surface area contributed by atoms with E-state index < -0.39 is 0 Å². The Morgan fingerprint density at radius 1 is 1.15 bits per heavy atom. The van der Waals surface area contributed by atoms with Crippen molar-refractivity contribution in [1.82, 2.24) is 9.47 Å². The van der Waals surface area contributed by atoms with E-state index in [9.17, 15) is 4.79 Å². The molecule has 33 heavy (non-hydrogen) atoms. The highest BCUT2D eigenvalue weighted by molar-refractivity contribution is 6.00. The molecular formula is C25H37N3O5. The van der Waals surface area contributed by atoms with Gasteiger partial charge in [0.1, 0.15) is 7.11 Å². The van der Waals surface area contributed by atoms with Gasteiger partial charge in [0.05, 0.1) is 30.5 Å². The number of likely N-dealkylation sites (tertiary alicyclic amines) is 1. The van der Waals surface area contributed by atoms with Crippen LogP contribution < -0.4 is 5.76 Å². The number of rotatable bonds is 8. The Kier molecular flexibility index (Phi) is 7.56. The number of aromatic nitrogens is 1. The molecule has 1 aromatic carbocycles. The first-order valence-corrected chi connectivity index (χ1v) is 12.0. The zero-order valence-electron chi connectivity index (χ0n) is 20.3. The number of hydrogen-bond donors (Lipinski definition) is 0. The maximum absolute atomic E-state index is 12.7. The first kappa shape index (κ1) is 24.0. The van der Waals surface area contributed by atoms with Crippen molar-refractivity contribution in [3.63, 3.8) is 0 Å². The average molecular weight is 460 g/mol. The van der Waals surface area contributed by atoms with Crippen LogP contribution in [0.1, 0.15) is 64.0 Å². The summed E-state index contributed by atoms with van der Waals surface area (Å²) in [7, 11) is 3.24. The van der Waals surface area contributed by atoms with Gasteiger partial charge in [-0.2, -0.15) is 0 Å². The lowest BCUT2D eigenvalue weighted by Crippen LogP contribution is -2.53. The molecule has 1 saturated carbocycles. The smallest absolute Gasteiger partial charge is 0.408 e. The third-order valence-electron chi connectivity index (χ3n) is 7.50. The summed E-state index contributed by atoms with van der Waals surface area (Å²) in [6.07, 6.45) is 6.70. The van der Waals surface area contributed by atoms with Crippen LogP contribution in [0.4, 0.5) is 0 Å². The quantitative estimate of drug-likeness (QED) is 0.338. The molecule has 0 atom stereocenters. The van der Waals surface area contributed by atoms with Crippen molar-refractivity contribution in [3.8, 4) is 0 Å². The van der Waals surface area contributed by atoms with Gasteiger partial charge in [-0.05, 0) is 70.6 Å². The van der Waals surface area contributed by atoms with Gasteiger partial charge < -0.3 is 18.7 Å². The van der Waals surface area contributed by atoms with Gasteiger partial charge in [0, 0.05) is 37.3 Å². The van der Waals surface area contributed by atoms with Gasteiger partial charge in [-0.3, -0.25) is 9.47 Å². The number of piperidine rings is 1. The number of methoxy groups -OCH3 is 1. The van der Waals surface area contributed by atoms with Crippen LogP contribution in [0.25, 0.3) is 11.1 Å². The summed E-state index contributed by atoms with van der Waals surface area (Å²) in [5.74, 6) is -0.276. The molecule has 2 aromatic rings. The Labute approximate surface area is 195 Å². The number of nitrogens with zero attached hydrogens (tertiary/aromatic N) is 3. The molecule has 8 nitrogen and oxygen atoms in total. The Bertz CT molecular complexity index is 1010. The Morgan fingerprint density at radius 2 is 1.88 bits per heavy atom. The largest absolute Gasteiger partial charge is 0.420 e. The SMILES string of the molecule is COCCOC1CCC(C)(N2CCC(n3c(=O)oc4ccc(C(C)=NOC)cc43)CC2)CC1. The monoisotopic (exact) mass is 459 g/mol. The van der Waals surface area contributed by atoms with Gasteiger partial charge in [0.15, 0.2) is 5.58 Å². The fourth-order valence-electron chi connectivity index (χ4n) is 5.45. The van der Waals surface area contributed by atoms with Crippen molar-refractivity contribution in [2.75, 3.05) is 40.5 Å². The van der Waals surface area contributed by atoms with Crippen LogP contribution in [0.2, 0.25) is 0 Å². The molecule has 0 spiro atoms. The molecule has 2 aliphatic rings. The van der Waals surface area contributed by atoms with Crippen molar-refractivity contribution < 1.29 is 18.7 Å². The minimum Gasteiger partial charge on any atom is -0.408 e. The number of benzene rings is 1. The first-order valence-electron chi connectivity index (χ1n) is 12.0. The summed E-state index contributed by atoms with van der Waals surface area (Å²) in [5, 5.41) is 4.02. The van der Waals surface area contributed by atoms with Crippen LogP contribution in [0.15, 0.2) is 32.6 Å². The molecular weight excluding hydrogens is 422 g/mol. The number of ether oxygens (including phenoxy) is 2. The molecule has 1 aromatic heterocycles. The predicted molar refractivity (Wildman–Crippen MR) is 128 cm³/mol. The molecule has 182 valence electrons. The van der Waals surface area contributed by atoms with Crippen LogP contribution in [0.5, 0.6) is 0 Å². The Hall–Kier alpha value is -2.16. The molecule has 0 bridgehead atoms. The minimum absolute atomic E-state index is 0.141. The van der Waals surface area contributed by atoms with E-state index in [1.807, 2.05) is 29.7 Å². The van der Waals surface area contributed by atoms with Crippen LogP contribution in [-0.4, -0.2) is 67.3 Å². The van der Waals surface area contributed by atoms with Crippen LogP contribution in [0, 0.1) is 0 Å². The summed E-state index contributed by atoms with van der Waals surface area (Å²) in [6, 6.07) is 5.88. The van der Waals surface area contributed by atoms with Crippen molar-refractivity contribution in [2.45, 2.75) is 70.1 Å². The van der Waals surface area contributed by atoms with Gasteiger partial charge in [-0.15, -0.1) is 0 Å². The van der Waals surface area contributed by atoms with Gasteiger partial charge in [-0.25, -0.2) is 4.79 Å². The zero-order valence-corrected chi connectivity index (χ0v) is 20.3. The molecule has 0 amide bonds. The Balaban J connectivity index is 1.42. The first-order chi connectivity index (χ1) is 15.9. The molecule has 0 radical (unpaired) electrons. The molecule has 0 unspecified atom stereocenters. The maximum Gasteiger partial charge on any atom is 0.420 e. The fourth-order valence-corrected chi connectivity index (χ4v) is 5.45. The van der Waals surface area contributed by atoms with Gasteiger partial charge in [0.2, 0.25) is 0 Å². The molecule has 1 saturated heterocycles. The summed E-state index contributed by atoms with van der Waals surface area (Å²) < 4.78 is 18.5. The molecule has 1 aliphatic carbocycles. The summed E-state index contributed by atoms with van der Waals surface area (Å²) in [4.78, 5) is 20.3. The summed E-state index contributed by atoms with van der Waals surface area (Å²) >= 11 is 0. The average Bonchev–Trinajstić information content (AvgIpc) is 3.15. The van der Waals surface area contributed by atoms with Crippen molar-refractivity contribution in [3.05, 3.63) is 34.3 Å². The van der Waals surface area contributed by atoms with Crippen LogP contribution in [0.3, 0.4) is 0 Å². The predicted octanol–water partition coefficient (Wildman–Crippen LogP) is 3.97. The third kappa shape index (κ3) is 5.18. The van der Waals surface area contributed by atoms with E-state index in [4.69, 9.17) is 18.7 Å². The normalized spacial score (nSPS) is 25.6. The van der Waals surface area contributed by atoms with Gasteiger partial charge in [-0.1, -0.05) is 5.16 Å². The molecule has 1 aliphatic heterocycles. The van der Waals surface area contributed by atoms with Crippen molar-refractivity contribution >= 4 is 16.8 Å². The lowest BCUT2D eigenvalue weighted by molar-refractivity contribution is -0.0419. The maximum atomic E-state index is 12.7. The third-order valence-corrected chi connectivity index (χ3v) is 7.50. The highest BCUT2D eigenvalue weighted by Crippen LogP contribution is 2.38. The summed E-state index contributed by atoms with van der Waals surface area (Å²) in [5.41, 5.74) is 3.35. The van der Waals surface area contributed by atoms with Crippen molar-refractivity contribution in [1.29, 1.82) is 0 Å². The van der Waals surface area contributed by atoms with Crippen LogP contribution >= 0.6 is 0 Å². The second-order valence-corrected chi connectivity index (χ2v) is 9.56. The van der Waals surface area contributed by atoms with E-state index in [-0.39, 0.29) is 17.3 Å². The number of oxime groups is 1. The number of hydrogen-bond acceptors (Lipinski definition) is 7. The van der Waals surface area contributed by atoms with E-state index >= 15 is 0 Å². The van der Waals surface area contributed by atoms with E-state index in [0.717, 1.165) is 68.4 Å². The highest BCUT2D eigenvalue weighted by atomic mass is 16.6. The summed E-state index contributed by atoms with van der Waals surface area (Å²) in [6.45, 7) is 7.59. The van der Waals surface area contributed by atoms with Crippen LogP contribution in [-0.2, 0) is 14.3 Å². The number of oxazole rings is 1. The lowest BCUT2D eigenvalue weighted by atomic mass is 9.79. The zero-order chi connectivity index (χ0) is 23.4. The molecule has 8 heteroatoms. The Morgan fingerprint density at radius 3 is 2.55 bits per heavy atom. The topological polar surface area (TPSA) is 78.4 Å². The highest BCUT2D eigenvalue weighted by Gasteiger charge is 2.38. The van der Waals surface area contributed by atoms with E-state index in [2.05, 4.69) is 17.0 Å². The van der Waals surface area contributed by atoms with E-state index in [1.54, 1.807) is 7.11 Å². The molecule has 4 rings (SSSR count). The second-order valence-electron chi connectivity index (χ2n) is 9.56. The number of fused-ring (bicyclic) bond motifs is 1. The molecule has 2 fully saturated rings. The van der Waals surface area contributed by atoms with E-state index in [1.165, 1.54) is 7.11 Å².